The smallest absolute Gasteiger partial charge is 0.318 e. The van der Waals surface area contributed by atoms with Gasteiger partial charge in [-0.05, 0) is 30.0 Å². The molecule has 1 saturated heterocycles. The highest BCUT2D eigenvalue weighted by Crippen LogP contribution is 2.25. The quantitative estimate of drug-likeness (QED) is 0.883. The SMILES string of the molecule is CCCN1CCN(C(=O)N[C@@H](c2ccccc2)c2ccccc2C)CC1=O. The van der Waals surface area contributed by atoms with E-state index in [1.165, 1.54) is 0 Å². The van der Waals surface area contributed by atoms with Gasteiger partial charge in [-0.25, -0.2) is 4.79 Å². The number of urea groups is 1. The predicted molar refractivity (Wildman–Crippen MR) is 106 cm³/mol. The first-order chi connectivity index (χ1) is 13.1. The second-order valence-electron chi connectivity index (χ2n) is 6.95. The van der Waals surface area contributed by atoms with Crippen LogP contribution in [0.4, 0.5) is 4.79 Å². The van der Waals surface area contributed by atoms with Gasteiger partial charge < -0.3 is 15.1 Å². The third-order valence-corrected chi connectivity index (χ3v) is 5.00. The van der Waals surface area contributed by atoms with Crippen molar-refractivity contribution in [1.29, 1.82) is 0 Å². The maximum absolute atomic E-state index is 12.9. The molecule has 2 aromatic rings. The van der Waals surface area contributed by atoms with Crippen LogP contribution in [0.15, 0.2) is 54.6 Å². The lowest BCUT2D eigenvalue weighted by Crippen LogP contribution is -2.55. The predicted octanol–water partition coefficient (Wildman–Crippen LogP) is 3.35. The molecule has 1 heterocycles. The van der Waals surface area contributed by atoms with Gasteiger partial charge >= 0.3 is 6.03 Å². The number of nitrogens with one attached hydrogen (secondary N) is 1. The Balaban J connectivity index is 1.78. The van der Waals surface area contributed by atoms with Crippen LogP contribution in [0.3, 0.4) is 0 Å². The van der Waals surface area contributed by atoms with E-state index >= 15 is 0 Å². The normalized spacial score (nSPS) is 15.6. The van der Waals surface area contributed by atoms with E-state index in [0.29, 0.717) is 13.1 Å². The van der Waals surface area contributed by atoms with Crippen LogP contribution in [0.2, 0.25) is 0 Å². The van der Waals surface area contributed by atoms with Crippen molar-refractivity contribution in [2.75, 3.05) is 26.2 Å². The average Bonchev–Trinajstić information content (AvgIpc) is 2.69. The number of carbonyl (C=O) groups is 2. The second kappa shape index (κ2) is 8.71. The number of hydrogen-bond donors (Lipinski definition) is 1. The molecule has 0 aliphatic carbocycles. The highest BCUT2D eigenvalue weighted by atomic mass is 16.2. The van der Waals surface area contributed by atoms with E-state index in [1.807, 2.05) is 66.4 Å². The lowest BCUT2D eigenvalue weighted by molar-refractivity contribution is -0.134. The van der Waals surface area contributed by atoms with Crippen LogP contribution in [-0.4, -0.2) is 47.9 Å². The molecule has 1 aliphatic rings. The number of nitrogens with zero attached hydrogens (tertiary/aromatic N) is 2. The summed E-state index contributed by atoms with van der Waals surface area (Å²) in [5.74, 6) is 0.0189. The monoisotopic (exact) mass is 365 g/mol. The van der Waals surface area contributed by atoms with Crippen molar-refractivity contribution in [2.24, 2.45) is 0 Å². The van der Waals surface area contributed by atoms with Gasteiger partial charge in [0.1, 0.15) is 6.54 Å². The summed E-state index contributed by atoms with van der Waals surface area (Å²) in [6, 6.07) is 17.6. The molecule has 2 aromatic carbocycles. The Morgan fingerprint density at radius 3 is 2.44 bits per heavy atom. The molecule has 5 nitrogen and oxygen atoms in total. The first-order valence-electron chi connectivity index (χ1n) is 9.54. The molecule has 1 fully saturated rings. The molecule has 1 atom stereocenters. The lowest BCUT2D eigenvalue weighted by atomic mass is 9.95. The number of rotatable bonds is 5. The van der Waals surface area contributed by atoms with Crippen LogP contribution in [0.1, 0.15) is 36.1 Å². The van der Waals surface area contributed by atoms with Crippen LogP contribution in [0.5, 0.6) is 0 Å². The van der Waals surface area contributed by atoms with Gasteiger partial charge in [0.15, 0.2) is 0 Å². The Kier molecular flexibility index (Phi) is 6.12. The van der Waals surface area contributed by atoms with Crippen molar-refractivity contribution >= 4 is 11.9 Å². The first kappa shape index (κ1) is 19.0. The van der Waals surface area contributed by atoms with Crippen LogP contribution in [-0.2, 0) is 4.79 Å². The molecule has 0 radical (unpaired) electrons. The summed E-state index contributed by atoms with van der Waals surface area (Å²) in [6.07, 6.45) is 0.932. The van der Waals surface area contributed by atoms with Gasteiger partial charge in [0, 0.05) is 19.6 Å². The summed E-state index contributed by atoms with van der Waals surface area (Å²) in [5.41, 5.74) is 3.21. The zero-order valence-electron chi connectivity index (χ0n) is 16.0. The fraction of sp³-hybridized carbons (Fsp3) is 0.364. The average molecular weight is 365 g/mol. The third kappa shape index (κ3) is 4.48. The van der Waals surface area contributed by atoms with E-state index in [-0.39, 0.29) is 24.5 Å². The minimum Gasteiger partial charge on any atom is -0.339 e. The van der Waals surface area contributed by atoms with E-state index in [0.717, 1.165) is 29.7 Å². The fourth-order valence-corrected chi connectivity index (χ4v) is 3.50. The maximum Gasteiger partial charge on any atom is 0.318 e. The van der Waals surface area contributed by atoms with Gasteiger partial charge in [-0.2, -0.15) is 0 Å². The fourth-order valence-electron chi connectivity index (χ4n) is 3.50. The second-order valence-corrected chi connectivity index (χ2v) is 6.95. The number of hydrogen-bond acceptors (Lipinski definition) is 2. The van der Waals surface area contributed by atoms with Crippen LogP contribution in [0.25, 0.3) is 0 Å². The molecule has 1 N–H and O–H groups in total. The molecule has 5 heteroatoms. The molecule has 3 amide bonds. The zero-order valence-corrected chi connectivity index (χ0v) is 16.0. The summed E-state index contributed by atoms with van der Waals surface area (Å²) in [4.78, 5) is 28.7. The Morgan fingerprint density at radius 1 is 1.07 bits per heavy atom. The molecule has 0 saturated carbocycles. The molecule has 3 rings (SSSR count). The van der Waals surface area contributed by atoms with Gasteiger partial charge in [0.05, 0.1) is 6.04 Å². The molecular formula is C22H27N3O2. The standard InChI is InChI=1S/C22H27N3O2/c1-3-13-24-14-15-25(16-20(24)26)22(27)23-21(18-10-5-4-6-11-18)19-12-8-7-9-17(19)2/h4-12,21H,3,13-16H2,1-2H3,(H,23,27)/t21-/m0/s1. The van der Waals surface area contributed by atoms with Crippen LogP contribution in [0, 0.1) is 6.92 Å². The van der Waals surface area contributed by atoms with Crippen molar-refractivity contribution in [3.8, 4) is 0 Å². The van der Waals surface area contributed by atoms with Crippen molar-refractivity contribution in [1.82, 2.24) is 15.1 Å². The van der Waals surface area contributed by atoms with E-state index in [1.54, 1.807) is 4.90 Å². The molecule has 1 aliphatic heterocycles. The molecular weight excluding hydrogens is 338 g/mol. The van der Waals surface area contributed by atoms with Crippen molar-refractivity contribution in [3.05, 3.63) is 71.3 Å². The third-order valence-electron chi connectivity index (χ3n) is 5.00. The lowest BCUT2D eigenvalue weighted by Gasteiger charge is -2.35. The maximum atomic E-state index is 12.9. The van der Waals surface area contributed by atoms with Crippen molar-refractivity contribution in [2.45, 2.75) is 26.3 Å². The molecule has 0 bridgehead atoms. The highest BCUT2D eigenvalue weighted by Gasteiger charge is 2.28. The summed E-state index contributed by atoms with van der Waals surface area (Å²) < 4.78 is 0. The van der Waals surface area contributed by atoms with Gasteiger partial charge in [-0.3, -0.25) is 4.79 Å². The molecule has 0 aromatic heterocycles. The van der Waals surface area contributed by atoms with E-state index in [2.05, 4.69) is 12.2 Å². The Labute approximate surface area is 161 Å². The largest absolute Gasteiger partial charge is 0.339 e. The van der Waals surface area contributed by atoms with Gasteiger partial charge in [0.2, 0.25) is 5.91 Å². The highest BCUT2D eigenvalue weighted by molar-refractivity contribution is 5.85. The van der Waals surface area contributed by atoms with Gasteiger partial charge in [-0.15, -0.1) is 0 Å². The first-order valence-corrected chi connectivity index (χ1v) is 9.54. The minimum atomic E-state index is -0.247. The Hall–Kier alpha value is -2.82. The Morgan fingerprint density at radius 2 is 1.78 bits per heavy atom. The number of amides is 3. The summed E-state index contributed by atoms with van der Waals surface area (Å²) >= 11 is 0. The number of benzene rings is 2. The van der Waals surface area contributed by atoms with E-state index in [4.69, 9.17) is 0 Å². The van der Waals surface area contributed by atoms with E-state index < -0.39 is 0 Å². The minimum absolute atomic E-state index is 0.0189. The summed E-state index contributed by atoms with van der Waals surface area (Å²) in [5, 5.41) is 3.14. The Bertz CT molecular complexity index is 791. The zero-order chi connectivity index (χ0) is 19.2. The topological polar surface area (TPSA) is 52.6 Å². The van der Waals surface area contributed by atoms with Crippen molar-refractivity contribution in [3.63, 3.8) is 0 Å². The molecule has 0 spiro atoms. The summed E-state index contributed by atoms with van der Waals surface area (Å²) in [7, 11) is 0. The number of aryl methyl sites for hydroxylation is 1. The van der Waals surface area contributed by atoms with Crippen molar-refractivity contribution < 1.29 is 9.59 Å². The van der Waals surface area contributed by atoms with Crippen LogP contribution >= 0.6 is 0 Å². The number of piperazine rings is 1. The van der Waals surface area contributed by atoms with Gasteiger partial charge in [0.25, 0.3) is 0 Å². The van der Waals surface area contributed by atoms with Gasteiger partial charge in [-0.1, -0.05) is 61.5 Å². The summed E-state index contributed by atoms with van der Waals surface area (Å²) in [6.45, 7) is 6.15. The molecule has 27 heavy (non-hydrogen) atoms. The number of carbonyl (C=O) groups excluding carboxylic acids is 2. The molecule has 0 unspecified atom stereocenters. The van der Waals surface area contributed by atoms with E-state index in [9.17, 15) is 9.59 Å². The van der Waals surface area contributed by atoms with Crippen LogP contribution < -0.4 is 5.32 Å². The molecule has 142 valence electrons.